The molecule has 0 saturated heterocycles. The van der Waals surface area contributed by atoms with Gasteiger partial charge in [-0.25, -0.2) is 0 Å². The SMILES string of the molecule is [Na+].[O-]c1ccccc1C/C=C/c1ccccc1. The molecule has 0 bridgehead atoms. The molecule has 2 rings (SSSR count). The Morgan fingerprint density at radius 2 is 1.53 bits per heavy atom. The monoisotopic (exact) mass is 232 g/mol. The van der Waals surface area contributed by atoms with Crippen LogP contribution in [0.3, 0.4) is 0 Å². The minimum Gasteiger partial charge on any atom is -0.872 e. The summed E-state index contributed by atoms with van der Waals surface area (Å²) < 4.78 is 0. The van der Waals surface area contributed by atoms with Crippen molar-refractivity contribution in [3.8, 4) is 5.75 Å². The Bertz CT molecular complexity index is 477. The summed E-state index contributed by atoms with van der Waals surface area (Å²) in [6.45, 7) is 0. The van der Waals surface area contributed by atoms with E-state index in [-0.39, 0.29) is 35.3 Å². The van der Waals surface area contributed by atoms with E-state index in [2.05, 4.69) is 0 Å². The van der Waals surface area contributed by atoms with Crippen LogP contribution in [0.1, 0.15) is 11.1 Å². The maximum absolute atomic E-state index is 11.4. The Kier molecular flexibility index (Phi) is 6.06. The molecule has 17 heavy (non-hydrogen) atoms. The van der Waals surface area contributed by atoms with Crippen molar-refractivity contribution in [3.05, 3.63) is 71.8 Å². The summed E-state index contributed by atoms with van der Waals surface area (Å²) in [5, 5.41) is 11.4. The van der Waals surface area contributed by atoms with Crippen LogP contribution >= 0.6 is 0 Å². The Balaban J connectivity index is 0.00000144. The number of hydrogen-bond donors (Lipinski definition) is 0. The van der Waals surface area contributed by atoms with Gasteiger partial charge in [-0.2, -0.15) is 0 Å². The molecular weight excluding hydrogens is 219 g/mol. The summed E-state index contributed by atoms with van der Waals surface area (Å²) in [7, 11) is 0. The van der Waals surface area contributed by atoms with Gasteiger partial charge in [-0.05, 0) is 12.0 Å². The van der Waals surface area contributed by atoms with Gasteiger partial charge in [-0.15, -0.1) is 5.75 Å². The second kappa shape index (κ2) is 7.33. The van der Waals surface area contributed by atoms with Crippen molar-refractivity contribution in [2.24, 2.45) is 0 Å². The molecule has 0 aliphatic heterocycles. The molecule has 1 nitrogen and oxygen atoms in total. The van der Waals surface area contributed by atoms with Crippen LogP contribution in [0.5, 0.6) is 5.75 Å². The molecular formula is C15H13NaO. The summed E-state index contributed by atoms with van der Waals surface area (Å²) in [6, 6.07) is 17.2. The van der Waals surface area contributed by atoms with E-state index in [1.54, 1.807) is 12.1 Å². The number of benzene rings is 2. The van der Waals surface area contributed by atoms with Gasteiger partial charge in [0.1, 0.15) is 0 Å². The molecule has 0 radical (unpaired) electrons. The van der Waals surface area contributed by atoms with Crippen LogP contribution in [0, 0.1) is 0 Å². The summed E-state index contributed by atoms with van der Waals surface area (Å²) in [4.78, 5) is 0. The van der Waals surface area contributed by atoms with Gasteiger partial charge in [0.15, 0.2) is 0 Å². The predicted octanol–water partition coefficient (Wildman–Crippen LogP) is 0.0201. The summed E-state index contributed by atoms with van der Waals surface area (Å²) in [5.74, 6) is 0.111. The molecule has 2 aromatic carbocycles. The van der Waals surface area contributed by atoms with Gasteiger partial charge in [0.2, 0.25) is 0 Å². The van der Waals surface area contributed by atoms with Crippen LogP contribution in [-0.4, -0.2) is 0 Å². The zero-order chi connectivity index (χ0) is 11.2. The molecule has 2 aromatic rings. The van der Waals surface area contributed by atoms with Crippen LogP contribution in [0.4, 0.5) is 0 Å². The first-order chi connectivity index (χ1) is 7.86. The van der Waals surface area contributed by atoms with Crippen LogP contribution in [0.15, 0.2) is 60.7 Å². The Morgan fingerprint density at radius 1 is 0.882 bits per heavy atom. The molecule has 0 aromatic heterocycles. The topological polar surface area (TPSA) is 23.1 Å². The number of rotatable bonds is 3. The quantitative estimate of drug-likeness (QED) is 0.684. The average Bonchev–Trinajstić information content (AvgIpc) is 2.33. The first kappa shape index (κ1) is 14.0. The van der Waals surface area contributed by atoms with Gasteiger partial charge in [0.05, 0.1) is 0 Å². The minimum atomic E-state index is 0. The largest absolute Gasteiger partial charge is 1.00 e. The summed E-state index contributed by atoms with van der Waals surface area (Å²) in [5.41, 5.74) is 2.00. The molecule has 0 saturated carbocycles. The van der Waals surface area contributed by atoms with Crippen LogP contribution in [-0.2, 0) is 6.42 Å². The first-order valence-electron chi connectivity index (χ1n) is 5.33. The molecule has 0 atom stereocenters. The van der Waals surface area contributed by atoms with Gasteiger partial charge in [-0.1, -0.05) is 72.3 Å². The smallest absolute Gasteiger partial charge is 0.872 e. The molecule has 0 fully saturated rings. The van der Waals surface area contributed by atoms with E-state index < -0.39 is 0 Å². The van der Waals surface area contributed by atoms with Crippen molar-refractivity contribution in [2.45, 2.75) is 6.42 Å². The fourth-order valence-electron chi connectivity index (χ4n) is 1.56. The zero-order valence-corrected chi connectivity index (χ0v) is 12.0. The molecule has 0 spiro atoms. The second-order valence-corrected chi connectivity index (χ2v) is 3.62. The predicted molar refractivity (Wildman–Crippen MR) is 65.1 cm³/mol. The molecule has 80 valence electrons. The molecule has 0 N–H and O–H groups in total. The standard InChI is InChI=1S/C15H14O.Na/c16-15-12-5-4-10-14(15)11-6-9-13-7-2-1-3-8-13;/h1-10,12,16H,11H2;/q;+1/p-1/b9-6+;. The van der Waals surface area contributed by atoms with E-state index in [1.807, 2.05) is 54.6 Å². The molecule has 0 unspecified atom stereocenters. The molecule has 0 aliphatic carbocycles. The van der Waals surface area contributed by atoms with Crippen LogP contribution in [0.25, 0.3) is 6.08 Å². The maximum Gasteiger partial charge on any atom is 1.00 e. The third-order valence-corrected chi connectivity index (χ3v) is 2.42. The van der Waals surface area contributed by atoms with Gasteiger partial charge < -0.3 is 5.11 Å². The van der Waals surface area contributed by atoms with Crippen molar-refractivity contribution >= 4 is 6.08 Å². The van der Waals surface area contributed by atoms with Crippen molar-refractivity contribution in [2.75, 3.05) is 0 Å². The van der Waals surface area contributed by atoms with E-state index in [9.17, 15) is 5.11 Å². The van der Waals surface area contributed by atoms with Gasteiger partial charge in [-0.3, -0.25) is 0 Å². The first-order valence-corrected chi connectivity index (χ1v) is 5.33. The third-order valence-electron chi connectivity index (χ3n) is 2.42. The fourth-order valence-corrected chi connectivity index (χ4v) is 1.56. The molecule has 2 heteroatoms. The minimum absolute atomic E-state index is 0. The van der Waals surface area contributed by atoms with E-state index in [0.29, 0.717) is 6.42 Å². The molecule has 0 amide bonds. The summed E-state index contributed by atoms with van der Waals surface area (Å²) >= 11 is 0. The van der Waals surface area contributed by atoms with E-state index in [1.165, 1.54) is 0 Å². The van der Waals surface area contributed by atoms with Crippen molar-refractivity contribution in [1.29, 1.82) is 0 Å². The molecule has 0 aliphatic rings. The van der Waals surface area contributed by atoms with Crippen molar-refractivity contribution in [1.82, 2.24) is 0 Å². The van der Waals surface area contributed by atoms with Gasteiger partial charge in [0.25, 0.3) is 0 Å². The van der Waals surface area contributed by atoms with Crippen molar-refractivity contribution < 1.29 is 34.7 Å². The second-order valence-electron chi connectivity index (χ2n) is 3.62. The van der Waals surface area contributed by atoms with E-state index in [4.69, 9.17) is 0 Å². The third kappa shape index (κ3) is 4.39. The Hall–Kier alpha value is -1.02. The normalized spacial score (nSPS) is 10.1. The van der Waals surface area contributed by atoms with E-state index >= 15 is 0 Å². The Labute approximate surface area is 124 Å². The average molecular weight is 232 g/mol. The van der Waals surface area contributed by atoms with Gasteiger partial charge >= 0.3 is 29.6 Å². The number of allylic oxidation sites excluding steroid dienone is 1. The molecule has 0 heterocycles. The zero-order valence-electron chi connectivity index (χ0n) is 9.97. The maximum atomic E-state index is 11.4. The fraction of sp³-hybridized carbons (Fsp3) is 0.0667. The van der Waals surface area contributed by atoms with Crippen molar-refractivity contribution in [3.63, 3.8) is 0 Å². The van der Waals surface area contributed by atoms with Crippen LogP contribution < -0.4 is 34.7 Å². The Morgan fingerprint density at radius 3 is 2.24 bits per heavy atom. The van der Waals surface area contributed by atoms with Crippen LogP contribution in [0.2, 0.25) is 0 Å². The van der Waals surface area contributed by atoms with Gasteiger partial charge in [0, 0.05) is 0 Å². The number of hydrogen-bond acceptors (Lipinski definition) is 1. The summed E-state index contributed by atoms with van der Waals surface area (Å²) in [6.07, 6.45) is 4.74. The van der Waals surface area contributed by atoms with E-state index in [0.717, 1.165) is 11.1 Å². The number of para-hydroxylation sites is 1.